The molecule has 21 heavy (non-hydrogen) atoms. The maximum Gasteiger partial charge on any atom is 0.154 e. The van der Waals surface area contributed by atoms with Crippen LogP contribution in [0.15, 0.2) is 54.6 Å². The lowest BCUT2D eigenvalue weighted by molar-refractivity contribution is 1.37. The first kappa shape index (κ1) is 12.5. The van der Waals surface area contributed by atoms with Crippen molar-refractivity contribution in [1.82, 2.24) is 9.97 Å². The molecule has 102 valence electrons. The van der Waals surface area contributed by atoms with Gasteiger partial charge in [-0.05, 0) is 12.1 Å². The molecule has 0 atom stereocenters. The second kappa shape index (κ2) is 4.95. The zero-order valence-corrected chi connectivity index (χ0v) is 12.6. The molecule has 0 saturated heterocycles. The highest BCUT2D eigenvalue weighted by molar-refractivity contribution is 7.26. The lowest BCUT2D eigenvalue weighted by Gasteiger charge is -1.96. The quantitative estimate of drug-likeness (QED) is 0.585. The molecule has 0 amide bonds. The van der Waals surface area contributed by atoms with E-state index in [1.807, 2.05) is 48.5 Å². The molecular formula is C16H11N3S2. The summed E-state index contributed by atoms with van der Waals surface area (Å²) in [5.41, 5.74) is 9.03. The van der Waals surface area contributed by atoms with E-state index in [1.165, 1.54) is 16.0 Å². The van der Waals surface area contributed by atoms with Crippen LogP contribution in [0, 0.1) is 0 Å². The third kappa shape index (κ3) is 2.20. The first-order valence-electron chi connectivity index (χ1n) is 6.49. The van der Waals surface area contributed by atoms with E-state index >= 15 is 0 Å². The lowest BCUT2D eigenvalue weighted by atomic mass is 10.2. The van der Waals surface area contributed by atoms with Crippen molar-refractivity contribution in [3.05, 3.63) is 54.6 Å². The Bertz CT molecular complexity index is 877. The fraction of sp³-hybridized carbons (Fsp3) is 0. The predicted octanol–water partition coefficient (Wildman–Crippen LogP) is 4.67. The summed E-state index contributed by atoms with van der Waals surface area (Å²) in [5.74, 6) is 0. The fourth-order valence-corrected chi connectivity index (χ4v) is 4.03. The Morgan fingerprint density at radius 2 is 1.48 bits per heavy atom. The minimum Gasteiger partial charge on any atom is -0.389 e. The van der Waals surface area contributed by atoms with Gasteiger partial charge >= 0.3 is 0 Å². The van der Waals surface area contributed by atoms with Crippen LogP contribution in [0.2, 0.25) is 0 Å². The molecule has 0 bridgehead atoms. The molecule has 3 nitrogen and oxygen atoms in total. The summed E-state index contributed by atoms with van der Waals surface area (Å²) in [7, 11) is 0. The molecule has 0 unspecified atom stereocenters. The minimum absolute atomic E-state index is 0.732. The molecule has 0 spiro atoms. The van der Waals surface area contributed by atoms with Gasteiger partial charge in [-0.2, -0.15) is 0 Å². The summed E-state index contributed by atoms with van der Waals surface area (Å²) >= 11 is 3.14. The average molecular weight is 309 g/mol. The van der Waals surface area contributed by atoms with E-state index in [1.54, 1.807) is 11.3 Å². The van der Waals surface area contributed by atoms with Gasteiger partial charge in [-0.3, -0.25) is 0 Å². The Hall–Kier alpha value is -2.24. The number of benzene rings is 2. The van der Waals surface area contributed by atoms with Gasteiger partial charge in [0.15, 0.2) is 10.0 Å². The number of para-hydroxylation sites is 1. The van der Waals surface area contributed by atoms with Crippen LogP contribution in [0.5, 0.6) is 0 Å². The van der Waals surface area contributed by atoms with Crippen LogP contribution in [0.1, 0.15) is 0 Å². The van der Waals surface area contributed by atoms with E-state index in [0.717, 1.165) is 31.8 Å². The van der Waals surface area contributed by atoms with E-state index < -0.39 is 0 Å². The summed E-state index contributed by atoms with van der Waals surface area (Å²) in [6.45, 7) is 0. The van der Waals surface area contributed by atoms with Crippen LogP contribution >= 0.6 is 22.7 Å². The second-order valence-corrected chi connectivity index (χ2v) is 6.65. The summed E-state index contributed by atoms with van der Waals surface area (Å²) in [6.07, 6.45) is 0. The Labute approximate surface area is 129 Å². The number of rotatable bonds is 2. The fourth-order valence-electron chi connectivity index (χ4n) is 2.19. The monoisotopic (exact) mass is 309 g/mol. The molecule has 5 heteroatoms. The topological polar surface area (TPSA) is 51.8 Å². The molecular weight excluding hydrogens is 298 g/mol. The smallest absolute Gasteiger partial charge is 0.154 e. The molecule has 0 saturated carbocycles. The van der Waals surface area contributed by atoms with Crippen LogP contribution in [-0.2, 0) is 0 Å². The second-order valence-electron chi connectivity index (χ2n) is 4.58. The number of nitrogens with zero attached hydrogens (tertiary/aromatic N) is 2. The van der Waals surface area contributed by atoms with Gasteiger partial charge in [0, 0.05) is 5.56 Å². The van der Waals surface area contributed by atoms with Gasteiger partial charge in [0.05, 0.1) is 10.2 Å². The van der Waals surface area contributed by atoms with Crippen LogP contribution in [-0.4, -0.2) is 9.97 Å². The van der Waals surface area contributed by atoms with E-state index in [0.29, 0.717) is 0 Å². The van der Waals surface area contributed by atoms with Gasteiger partial charge in [0.2, 0.25) is 0 Å². The third-order valence-corrected chi connectivity index (χ3v) is 5.24. The number of hydrogen-bond acceptors (Lipinski definition) is 5. The van der Waals surface area contributed by atoms with Gasteiger partial charge < -0.3 is 5.73 Å². The standard InChI is InChI=1S/C16H11N3S2/c17-14-13(10-6-2-1-3-7-10)19-16(21-14)15-18-11-8-4-5-9-12(11)20-15/h1-9H,17H2. The Kier molecular flexibility index (Phi) is 2.94. The molecule has 4 aromatic rings. The van der Waals surface area contributed by atoms with E-state index in [4.69, 9.17) is 5.73 Å². The SMILES string of the molecule is Nc1sc(-c2nc3ccccc3s2)nc1-c1ccccc1. The number of hydrogen-bond donors (Lipinski definition) is 1. The highest BCUT2D eigenvalue weighted by Gasteiger charge is 2.15. The van der Waals surface area contributed by atoms with Gasteiger partial charge in [0.1, 0.15) is 10.7 Å². The summed E-state index contributed by atoms with van der Waals surface area (Å²) in [6, 6.07) is 18.1. The molecule has 2 aromatic heterocycles. The van der Waals surface area contributed by atoms with Gasteiger partial charge in [-0.15, -0.1) is 11.3 Å². The molecule has 2 N–H and O–H groups in total. The molecule has 2 aromatic carbocycles. The number of aromatic nitrogens is 2. The highest BCUT2D eigenvalue weighted by Crippen LogP contribution is 2.38. The van der Waals surface area contributed by atoms with Crippen molar-refractivity contribution >= 4 is 37.9 Å². The third-order valence-electron chi connectivity index (χ3n) is 3.18. The van der Waals surface area contributed by atoms with Crippen LogP contribution in [0.25, 0.3) is 31.5 Å². The molecule has 0 aliphatic heterocycles. The van der Waals surface area contributed by atoms with Crippen molar-refractivity contribution in [2.45, 2.75) is 0 Å². The van der Waals surface area contributed by atoms with E-state index in [-0.39, 0.29) is 0 Å². The van der Waals surface area contributed by atoms with Crippen molar-refractivity contribution in [2.24, 2.45) is 0 Å². The lowest BCUT2D eigenvalue weighted by Crippen LogP contribution is -1.85. The highest BCUT2D eigenvalue weighted by atomic mass is 32.1. The van der Waals surface area contributed by atoms with Crippen LogP contribution in [0.3, 0.4) is 0 Å². The average Bonchev–Trinajstić information content (AvgIpc) is 3.11. The number of thiazole rings is 2. The molecule has 0 radical (unpaired) electrons. The number of fused-ring (bicyclic) bond motifs is 1. The molecule has 0 aliphatic carbocycles. The first-order chi connectivity index (χ1) is 10.3. The van der Waals surface area contributed by atoms with E-state index in [9.17, 15) is 0 Å². The zero-order valence-electron chi connectivity index (χ0n) is 11.0. The van der Waals surface area contributed by atoms with Gasteiger partial charge in [-0.1, -0.05) is 53.8 Å². The Balaban J connectivity index is 1.83. The van der Waals surface area contributed by atoms with Crippen molar-refractivity contribution < 1.29 is 0 Å². The summed E-state index contributed by atoms with van der Waals surface area (Å²) in [4.78, 5) is 9.33. The minimum atomic E-state index is 0.732. The van der Waals surface area contributed by atoms with Crippen molar-refractivity contribution in [3.63, 3.8) is 0 Å². The van der Waals surface area contributed by atoms with E-state index in [2.05, 4.69) is 16.0 Å². The van der Waals surface area contributed by atoms with Crippen LogP contribution in [0.4, 0.5) is 5.00 Å². The number of anilines is 1. The largest absolute Gasteiger partial charge is 0.389 e. The van der Waals surface area contributed by atoms with Gasteiger partial charge in [-0.25, -0.2) is 9.97 Å². The normalized spacial score (nSPS) is 11.0. The first-order valence-corrected chi connectivity index (χ1v) is 8.12. The number of nitrogens with two attached hydrogens (primary N) is 1. The maximum absolute atomic E-state index is 6.14. The van der Waals surface area contributed by atoms with Crippen molar-refractivity contribution in [1.29, 1.82) is 0 Å². The Morgan fingerprint density at radius 1 is 0.762 bits per heavy atom. The predicted molar refractivity (Wildman–Crippen MR) is 90.6 cm³/mol. The molecule has 0 aliphatic rings. The molecule has 2 heterocycles. The summed E-state index contributed by atoms with van der Waals surface area (Å²) in [5, 5.41) is 2.54. The van der Waals surface area contributed by atoms with Gasteiger partial charge in [0.25, 0.3) is 0 Å². The molecule has 4 rings (SSSR count). The van der Waals surface area contributed by atoms with Crippen molar-refractivity contribution in [2.75, 3.05) is 5.73 Å². The maximum atomic E-state index is 6.14. The Morgan fingerprint density at radius 3 is 2.29 bits per heavy atom. The zero-order chi connectivity index (χ0) is 14.2. The van der Waals surface area contributed by atoms with Crippen molar-refractivity contribution in [3.8, 4) is 21.3 Å². The molecule has 0 fully saturated rings. The summed E-state index contributed by atoms with van der Waals surface area (Å²) < 4.78 is 1.17. The van der Waals surface area contributed by atoms with Crippen LogP contribution < -0.4 is 5.73 Å². The number of nitrogen functional groups attached to an aromatic ring is 1.